The number of fused-ring (bicyclic) bond motifs is 6. The van der Waals surface area contributed by atoms with Gasteiger partial charge in [0.2, 0.25) is 0 Å². The fourth-order valence-corrected chi connectivity index (χ4v) is 10.6. The van der Waals surface area contributed by atoms with Gasteiger partial charge >= 0.3 is 0 Å². The Morgan fingerprint density at radius 3 is 1.30 bits per heavy atom. The van der Waals surface area contributed by atoms with Gasteiger partial charge in [-0.15, -0.1) is 0 Å². The van der Waals surface area contributed by atoms with Gasteiger partial charge in [0.15, 0.2) is 23.2 Å². The number of aromatic nitrogens is 5. The fraction of sp³-hybridized carbons (Fsp3) is 0.232. The Labute approximate surface area is 447 Å². The largest absolute Gasteiger partial charge is 0.309 e. The smallest absolute Gasteiger partial charge is 0.188 e. The quantitative estimate of drug-likeness (QED) is 0.156. The van der Waals surface area contributed by atoms with E-state index in [-0.39, 0.29) is 21.7 Å². The van der Waals surface area contributed by atoms with Crippen molar-refractivity contribution in [1.29, 1.82) is 5.26 Å². The van der Waals surface area contributed by atoms with Crippen LogP contribution >= 0.6 is 0 Å². The van der Waals surface area contributed by atoms with Crippen molar-refractivity contribution in [2.24, 2.45) is 0 Å². The van der Waals surface area contributed by atoms with E-state index in [1.807, 2.05) is 24.3 Å². The first-order valence-corrected chi connectivity index (χ1v) is 26.3. The van der Waals surface area contributed by atoms with Crippen LogP contribution in [-0.4, -0.2) is 24.1 Å². The van der Waals surface area contributed by atoms with Gasteiger partial charge in [-0.1, -0.05) is 156 Å². The van der Waals surface area contributed by atoms with E-state index in [0.29, 0.717) is 28.7 Å². The van der Waals surface area contributed by atoms with Gasteiger partial charge in [-0.05, 0) is 140 Å². The summed E-state index contributed by atoms with van der Waals surface area (Å²) in [5.74, 6) is 1.79. The lowest BCUT2D eigenvalue weighted by molar-refractivity contribution is 0.568. The summed E-state index contributed by atoms with van der Waals surface area (Å²) in [6.45, 7) is 35.1. The average molecular weight is 990 g/mol. The predicted molar refractivity (Wildman–Crippen MR) is 316 cm³/mol. The lowest BCUT2D eigenvalue weighted by atomic mass is 9.79. The fourth-order valence-electron chi connectivity index (χ4n) is 10.6. The van der Waals surface area contributed by atoms with E-state index in [2.05, 4.69) is 243 Å². The Hall–Kier alpha value is -8.65. The number of nitrogens with zero attached hydrogens (tertiary/aromatic N) is 7. The summed E-state index contributed by atoms with van der Waals surface area (Å²) in [6.07, 6.45) is 0. The Bertz CT molecular complexity index is 4080. The van der Waals surface area contributed by atoms with Crippen LogP contribution in [0.3, 0.4) is 0 Å². The van der Waals surface area contributed by atoms with Gasteiger partial charge in [0.25, 0.3) is 0 Å². The highest BCUT2D eigenvalue weighted by Gasteiger charge is 2.27. The molecule has 11 aromatic rings. The monoisotopic (exact) mass is 990 g/mol. The molecule has 0 aliphatic carbocycles. The molecule has 0 fully saturated rings. The zero-order chi connectivity index (χ0) is 53.6. The molecule has 3 aromatic heterocycles. The van der Waals surface area contributed by atoms with Crippen LogP contribution in [0, 0.1) is 17.9 Å². The van der Waals surface area contributed by atoms with Crippen LogP contribution in [0.5, 0.6) is 0 Å². The molecule has 0 unspecified atom stereocenters. The Balaban J connectivity index is 1.24. The molecule has 3 heterocycles. The summed E-state index contributed by atoms with van der Waals surface area (Å²) in [7, 11) is 0. The third-order valence-electron chi connectivity index (χ3n) is 15.0. The van der Waals surface area contributed by atoms with Crippen molar-refractivity contribution in [3.8, 4) is 62.7 Å². The highest BCUT2D eigenvalue weighted by molar-refractivity contribution is 6.12. The van der Waals surface area contributed by atoms with Crippen molar-refractivity contribution >= 4 is 49.3 Å². The maximum atomic E-state index is 10.1. The normalized spacial score (nSPS) is 12.4. The molecule has 0 amide bonds. The van der Waals surface area contributed by atoms with Gasteiger partial charge in [-0.2, -0.15) is 5.26 Å². The van der Waals surface area contributed by atoms with Crippen LogP contribution in [0.15, 0.2) is 164 Å². The van der Waals surface area contributed by atoms with E-state index >= 15 is 0 Å². The number of benzene rings is 8. The zero-order valence-corrected chi connectivity index (χ0v) is 45.7. The third-order valence-corrected chi connectivity index (χ3v) is 15.0. The van der Waals surface area contributed by atoms with E-state index in [1.54, 1.807) is 0 Å². The van der Waals surface area contributed by atoms with E-state index in [4.69, 9.17) is 21.5 Å². The van der Waals surface area contributed by atoms with E-state index in [9.17, 15) is 5.26 Å². The SMILES string of the molecule is [C-]#[N+]c1ccc2c(c1)c1ccccc1n2-c1ccccc1-c1cc(-c2nc(-c3cc(C(C)(C)C)cc(C(C)(C)C)c3)nc(-c3cc(C(C)(C)C)cc(C(C)(C)C)c3)n2)ccc1-n1c2ccccc2c2cc(C#N)ccc21. The maximum absolute atomic E-state index is 10.1. The molecule has 0 atom stereocenters. The third kappa shape index (κ3) is 8.80. The topological polar surface area (TPSA) is 76.7 Å². The molecule has 0 saturated heterocycles. The second kappa shape index (κ2) is 18.0. The minimum atomic E-state index is -0.131. The highest BCUT2D eigenvalue weighted by Crippen LogP contribution is 2.44. The minimum Gasteiger partial charge on any atom is -0.309 e. The predicted octanol–water partition coefficient (Wildman–Crippen LogP) is 18.3. The lowest BCUT2D eigenvalue weighted by Gasteiger charge is -2.26. The molecule has 8 aromatic carbocycles. The van der Waals surface area contributed by atoms with Crippen molar-refractivity contribution in [3.05, 3.63) is 203 Å². The number of para-hydroxylation sites is 3. The second-order valence-corrected chi connectivity index (χ2v) is 24.5. The Kier molecular flexibility index (Phi) is 11.8. The summed E-state index contributed by atoms with van der Waals surface area (Å²) in [6, 6.07) is 60.2. The first-order chi connectivity index (χ1) is 36.1. The molecule has 0 spiro atoms. The standard InChI is InChI=1S/C69H63N7/c1-66(2,3)46-33-44(34-47(38-46)67(4,5)6)64-72-63(73-65(74-64)45-35-48(68(7,8)9)39-49(36-45)69(10,11)12)43-27-30-61(76-57-23-17-14-20-51(57)54-32-42(41-70)26-29-60(54)76)55(37-43)52-21-15-18-24-58(52)75-59-25-19-16-22-53(59)56-40-50(71-13)28-31-62(56)75/h14-40H,1-12H3. The van der Waals surface area contributed by atoms with Gasteiger partial charge < -0.3 is 9.13 Å². The number of hydrogen-bond donors (Lipinski definition) is 0. The van der Waals surface area contributed by atoms with Gasteiger partial charge in [0, 0.05) is 44.0 Å². The van der Waals surface area contributed by atoms with Gasteiger partial charge in [0.05, 0.1) is 51.6 Å². The van der Waals surface area contributed by atoms with Crippen molar-refractivity contribution in [2.75, 3.05) is 0 Å². The molecule has 7 heteroatoms. The summed E-state index contributed by atoms with van der Waals surface area (Å²) >= 11 is 0. The number of hydrogen-bond acceptors (Lipinski definition) is 4. The van der Waals surface area contributed by atoms with E-state index in [0.717, 1.165) is 82.8 Å². The minimum absolute atomic E-state index is 0.131. The lowest BCUT2D eigenvalue weighted by Crippen LogP contribution is -2.17. The molecule has 0 radical (unpaired) electrons. The molecule has 0 saturated carbocycles. The van der Waals surface area contributed by atoms with Crippen LogP contribution in [0.2, 0.25) is 0 Å². The van der Waals surface area contributed by atoms with Crippen LogP contribution in [0.4, 0.5) is 5.69 Å². The van der Waals surface area contributed by atoms with Crippen molar-refractivity contribution in [1.82, 2.24) is 24.1 Å². The van der Waals surface area contributed by atoms with Crippen LogP contribution < -0.4 is 0 Å². The molecule has 374 valence electrons. The van der Waals surface area contributed by atoms with Gasteiger partial charge in [0.1, 0.15) is 0 Å². The van der Waals surface area contributed by atoms with Crippen molar-refractivity contribution in [2.45, 2.75) is 105 Å². The molecule has 11 rings (SSSR count). The summed E-state index contributed by atoms with van der Waals surface area (Å²) in [5.41, 5.74) is 16.2. The molecule has 0 aliphatic heterocycles. The van der Waals surface area contributed by atoms with Crippen LogP contribution in [0.1, 0.15) is 111 Å². The first kappa shape index (κ1) is 49.6. The van der Waals surface area contributed by atoms with Gasteiger partial charge in [-0.3, -0.25) is 0 Å². The summed E-state index contributed by atoms with van der Waals surface area (Å²) in [4.78, 5) is 20.3. The highest BCUT2D eigenvalue weighted by atomic mass is 15.0. The molecular weight excluding hydrogens is 927 g/mol. The van der Waals surface area contributed by atoms with Gasteiger partial charge in [-0.25, -0.2) is 19.8 Å². The van der Waals surface area contributed by atoms with E-state index in [1.165, 1.54) is 22.3 Å². The molecule has 0 aliphatic rings. The second-order valence-electron chi connectivity index (χ2n) is 24.5. The molecule has 0 bridgehead atoms. The molecular formula is C69H63N7. The molecule has 76 heavy (non-hydrogen) atoms. The van der Waals surface area contributed by atoms with E-state index < -0.39 is 0 Å². The summed E-state index contributed by atoms with van der Waals surface area (Å²) in [5, 5.41) is 14.3. The summed E-state index contributed by atoms with van der Waals surface area (Å²) < 4.78 is 4.66. The van der Waals surface area contributed by atoms with Crippen molar-refractivity contribution in [3.63, 3.8) is 0 Å². The Morgan fingerprint density at radius 1 is 0.395 bits per heavy atom. The maximum Gasteiger partial charge on any atom is 0.188 e. The molecule has 0 N–H and O–H groups in total. The van der Waals surface area contributed by atoms with Crippen LogP contribution in [0.25, 0.3) is 105 Å². The Morgan fingerprint density at radius 2 is 0.816 bits per heavy atom. The van der Waals surface area contributed by atoms with Crippen molar-refractivity contribution < 1.29 is 0 Å². The average Bonchev–Trinajstić information content (AvgIpc) is 3.92. The number of nitriles is 1. The number of rotatable bonds is 6. The zero-order valence-electron chi connectivity index (χ0n) is 45.7. The van der Waals surface area contributed by atoms with Crippen LogP contribution in [-0.2, 0) is 21.7 Å². The first-order valence-electron chi connectivity index (χ1n) is 26.3. The molecule has 7 nitrogen and oxygen atoms in total.